The molecule has 0 unspecified atom stereocenters. The molecule has 1 N–H and O–H groups in total. The Hall–Kier alpha value is -2.43. The molecule has 0 aliphatic rings. The average Bonchev–Trinajstić information content (AvgIpc) is 2.73. The molecular formula is C23H30N2O2. The van der Waals surface area contributed by atoms with Crippen molar-refractivity contribution in [2.24, 2.45) is 0 Å². The van der Waals surface area contributed by atoms with Crippen LogP contribution in [0.1, 0.15) is 25.0 Å². The summed E-state index contributed by atoms with van der Waals surface area (Å²) in [4.78, 5) is 17.5. The first kappa shape index (κ1) is 20.9. The van der Waals surface area contributed by atoms with E-state index in [1.54, 1.807) is 35.2 Å². The van der Waals surface area contributed by atoms with Crippen LogP contribution in [0.25, 0.3) is 0 Å². The molecule has 0 saturated heterocycles. The Bertz CT molecular complexity index is 672. The van der Waals surface area contributed by atoms with Crippen molar-refractivity contribution >= 4 is 5.91 Å². The quantitative estimate of drug-likeness (QED) is 0.656. The fourth-order valence-electron chi connectivity index (χ4n) is 3.23. The summed E-state index contributed by atoms with van der Waals surface area (Å²) in [5.74, 6) is -0.327. The van der Waals surface area contributed by atoms with Gasteiger partial charge in [-0.05, 0) is 24.2 Å². The molecule has 144 valence electrons. The summed E-state index contributed by atoms with van der Waals surface area (Å²) < 4.78 is 0. The highest BCUT2D eigenvalue weighted by Crippen LogP contribution is 2.31. The van der Waals surface area contributed by atoms with E-state index in [2.05, 4.69) is 25.3 Å². The average molecular weight is 367 g/mol. The van der Waals surface area contributed by atoms with Gasteiger partial charge in [-0.1, -0.05) is 80.6 Å². The number of rotatable bonds is 10. The zero-order valence-corrected chi connectivity index (χ0v) is 16.3. The van der Waals surface area contributed by atoms with Gasteiger partial charge in [-0.3, -0.25) is 4.79 Å². The third-order valence-corrected chi connectivity index (χ3v) is 4.91. The van der Waals surface area contributed by atoms with Crippen LogP contribution in [0.2, 0.25) is 0 Å². The Morgan fingerprint density at radius 1 is 0.963 bits per heavy atom. The smallest absolute Gasteiger partial charge is 0.264 e. The van der Waals surface area contributed by atoms with Gasteiger partial charge in [0.25, 0.3) is 5.91 Å². The van der Waals surface area contributed by atoms with Crippen LogP contribution in [-0.4, -0.2) is 53.5 Å². The van der Waals surface area contributed by atoms with Crippen molar-refractivity contribution in [3.05, 3.63) is 84.4 Å². The van der Waals surface area contributed by atoms with E-state index in [9.17, 15) is 9.90 Å². The number of benzene rings is 2. The normalized spacial score (nSPS) is 11.4. The summed E-state index contributed by atoms with van der Waals surface area (Å²) in [5.41, 5.74) is -0.592. The zero-order chi connectivity index (χ0) is 19.7. The monoisotopic (exact) mass is 366 g/mol. The number of carbonyl (C=O) groups excluding carboxylic acids is 1. The summed E-state index contributed by atoms with van der Waals surface area (Å²) in [5, 5.41) is 11.7. The predicted molar refractivity (Wildman–Crippen MR) is 110 cm³/mol. The van der Waals surface area contributed by atoms with Crippen LogP contribution < -0.4 is 0 Å². The van der Waals surface area contributed by atoms with Crippen molar-refractivity contribution in [1.82, 2.24) is 9.80 Å². The number of aliphatic hydroxyl groups is 1. The SMILES string of the molecule is C=CCN(CCN(CC)CC)C(=O)C(O)(c1ccccc1)c1ccccc1. The Kier molecular flexibility index (Phi) is 7.77. The van der Waals surface area contributed by atoms with E-state index in [-0.39, 0.29) is 5.91 Å². The molecule has 0 heterocycles. The highest BCUT2D eigenvalue weighted by molar-refractivity contribution is 5.90. The van der Waals surface area contributed by atoms with Gasteiger partial charge in [0, 0.05) is 19.6 Å². The van der Waals surface area contributed by atoms with E-state index in [0.29, 0.717) is 24.2 Å². The molecule has 0 atom stereocenters. The van der Waals surface area contributed by atoms with Crippen LogP contribution in [0.15, 0.2) is 73.3 Å². The van der Waals surface area contributed by atoms with Gasteiger partial charge in [0.2, 0.25) is 0 Å². The largest absolute Gasteiger partial charge is 0.372 e. The van der Waals surface area contributed by atoms with Gasteiger partial charge >= 0.3 is 0 Å². The summed E-state index contributed by atoms with van der Waals surface area (Å²) in [6.07, 6.45) is 1.70. The van der Waals surface area contributed by atoms with Crippen LogP contribution >= 0.6 is 0 Å². The van der Waals surface area contributed by atoms with Crippen molar-refractivity contribution in [3.63, 3.8) is 0 Å². The second-order valence-corrected chi connectivity index (χ2v) is 6.51. The van der Waals surface area contributed by atoms with Crippen molar-refractivity contribution in [1.29, 1.82) is 0 Å². The minimum Gasteiger partial charge on any atom is -0.372 e. The van der Waals surface area contributed by atoms with Crippen LogP contribution in [0, 0.1) is 0 Å². The minimum atomic E-state index is -1.73. The Morgan fingerprint density at radius 3 is 1.85 bits per heavy atom. The molecule has 0 saturated carbocycles. The fraction of sp³-hybridized carbons (Fsp3) is 0.348. The first-order valence-corrected chi connectivity index (χ1v) is 9.53. The lowest BCUT2D eigenvalue weighted by atomic mass is 9.85. The molecule has 0 aliphatic heterocycles. The molecule has 1 amide bonds. The van der Waals surface area contributed by atoms with E-state index >= 15 is 0 Å². The zero-order valence-electron chi connectivity index (χ0n) is 16.3. The van der Waals surface area contributed by atoms with Crippen LogP contribution in [0.4, 0.5) is 0 Å². The van der Waals surface area contributed by atoms with E-state index in [4.69, 9.17) is 0 Å². The third kappa shape index (κ3) is 4.85. The minimum absolute atomic E-state index is 0.327. The third-order valence-electron chi connectivity index (χ3n) is 4.91. The van der Waals surface area contributed by atoms with E-state index in [1.807, 2.05) is 36.4 Å². The number of nitrogens with zero attached hydrogens (tertiary/aromatic N) is 2. The number of hydrogen-bond acceptors (Lipinski definition) is 3. The molecule has 2 aromatic rings. The Morgan fingerprint density at radius 2 is 1.44 bits per heavy atom. The van der Waals surface area contributed by atoms with Crippen LogP contribution in [-0.2, 0) is 10.4 Å². The van der Waals surface area contributed by atoms with Gasteiger partial charge < -0.3 is 14.9 Å². The van der Waals surface area contributed by atoms with Crippen molar-refractivity contribution in [2.45, 2.75) is 19.4 Å². The summed E-state index contributed by atoms with van der Waals surface area (Å²) in [7, 11) is 0. The van der Waals surface area contributed by atoms with Gasteiger partial charge in [-0.15, -0.1) is 6.58 Å². The van der Waals surface area contributed by atoms with Gasteiger partial charge in [-0.2, -0.15) is 0 Å². The molecule has 4 heteroatoms. The summed E-state index contributed by atoms with van der Waals surface area (Å²) in [6.45, 7) is 11.5. The molecule has 0 spiro atoms. The van der Waals surface area contributed by atoms with Crippen molar-refractivity contribution in [3.8, 4) is 0 Å². The molecule has 2 aromatic carbocycles. The van der Waals surface area contributed by atoms with Crippen molar-refractivity contribution < 1.29 is 9.90 Å². The standard InChI is InChI=1S/C23H30N2O2/c1-4-17-25(19-18-24(5-2)6-3)22(26)23(27,20-13-9-7-10-14-20)21-15-11-8-12-16-21/h4,7-16,27H,1,5-6,17-19H2,2-3H3. The molecule has 0 aliphatic carbocycles. The number of likely N-dealkylation sites (N-methyl/N-ethyl adjacent to an activating group) is 1. The van der Waals surface area contributed by atoms with Gasteiger partial charge in [0.1, 0.15) is 0 Å². The van der Waals surface area contributed by atoms with Gasteiger partial charge in [0.05, 0.1) is 0 Å². The fourth-order valence-corrected chi connectivity index (χ4v) is 3.23. The van der Waals surface area contributed by atoms with Crippen molar-refractivity contribution in [2.75, 3.05) is 32.7 Å². The second-order valence-electron chi connectivity index (χ2n) is 6.51. The number of hydrogen-bond donors (Lipinski definition) is 1. The first-order chi connectivity index (χ1) is 13.1. The maximum Gasteiger partial charge on any atom is 0.264 e. The topological polar surface area (TPSA) is 43.8 Å². The van der Waals surface area contributed by atoms with E-state index < -0.39 is 5.60 Å². The molecular weight excluding hydrogens is 336 g/mol. The van der Waals surface area contributed by atoms with Gasteiger partial charge in [-0.25, -0.2) is 0 Å². The summed E-state index contributed by atoms with van der Waals surface area (Å²) in [6, 6.07) is 18.3. The number of carbonyl (C=O) groups is 1. The first-order valence-electron chi connectivity index (χ1n) is 9.53. The van der Waals surface area contributed by atoms with E-state index in [0.717, 1.165) is 19.6 Å². The van der Waals surface area contributed by atoms with Crippen LogP contribution in [0.5, 0.6) is 0 Å². The molecule has 0 aromatic heterocycles. The lowest BCUT2D eigenvalue weighted by molar-refractivity contribution is -0.147. The number of amides is 1. The molecule has 2 rings (SSSR count). The maximum atomic E-state index is 13.6. The Labute approximate surface area is 162 Å². The highest BCUT2D eigenvalue weighted by Gasteiger charge is 2.42. The molecule has 0 bridgehead atoms. The molecule has 4 nitrogen and oxygen atoms in total. The molecule has 0 fully saturated rings. The Balaban J connectivity index is 2.40. The van der Waals surface area contributed by atoms with E-state index in [1.165, 1.54) is 0 Å². The lowest BCUT2D eigenvalue weighted by Crippen LogP contribution is -2.50. The maximum absolute atomic E-state index is 13.6. The second kappa shape index (κ2) is 10.0. The summed E-state index contributed by atoms with van der Waals surface area (Å²) >= 11 is 0. The van der Waals surface area contributed by atoms with Crippen LogP contribution in [0.3, 0.4) is 0 Å². The molecule has 0 radical (unpaired) electrons. The van der Waals surface area contributed by atoms with Gasteiger partial charge in [0.15, 0.2) is 5.60 Å². The highest BCUT2D eigenvalue weighted by atomic mass is 16.3. The predicted octanol–water partition coefficient (Wildman–Crippen LogP) is 3.28. The molecule has 27 heavy (non-hydrogen) atoms. The lowest BCUT2D eigenvalue weighted by Gasteiger charge is -2.34.